The number of carboxylic acid groups (broad SMARTS) is 1. The number of aromatic nitrogens is 1. The van der Waals surface area contributed by atoms with E-state index in [1.165, 1.54) is 42.6 Å². The fraction of sp³-hybridized carbons (Fsp3) is 0.0714. The van der Waals surface area contributed by atoms with Gasteiger partial charge in [-0.05, 0) is 29.8 Å². The molecule has 0 aliphatic rings. The molecule has 1 aromatic carbocycles. The number of hydrogen-bond donors (Lipinski definition) is 2. The van der Waals surface area contributed by atoms with Crippen LogP contribution in [-0.2, 0) is 11.2 Å². The van der Waals surface area contributed by atoms with Gasteiger partial charge in [0, 0.05) is 6.20 Å². The molecule has 6 heteroatoms. The number of aromatic carboxylic acids is 1. The molecule has 2 N–H and O–H groups in total. The molecule has 1 aromatic heterocycles. The maximum absolute atomic E-state index is 12.7. The number of anilines is 1. The van der Waals surface area contributed by atoms with E-state index in [1.54, 1.807) is 0 Å². The van der Waals surface area contributed by atoms with Gasteiger partial charge in [0.15, 0.2) is 5.69 Å². The summed E-state index contributed by atoms with van der Waals surface area (Å²) in [5.74, 6) is -2.00. The highest BCUT2D eigenvalue weighted by Crippen LogP contribution is 2.13. The quantitative estimate of drug-likeness (QED) is 0.894. The number of carbonyl (C=O) groups is 2. The fourth-order valence-corrected chi connectivity index (χ4v) is 1.66. The topological polar surface area (TPSA) is 79.3 Å². The molecular formula is C14H11FN2O3. The lowest BCUT2D eigenvalue weighted by Crippen LogP contribution is -2.17. The van der Waals surface area contributed by atoms with E-state index in [2.05, 4.69) is 10.3 Å². The molecule has 2 aromatic rings. The van der Waals surface area contributed by atoms with E-state index in [1.807, 2.05) is 0 Å². The molecule has 2 rings (SSSR count). The number of carboxylic acids is 1. The van der Waals surface area contributed by atoms with Crippen molar-refractivity contribution in [3.63, 3.8) is 0 Å². The highest BCUT2D eigenvalue weighted by molar-refractivity contribution is 5.99. The molecule has 0 radical (unpaired) electrons. The van der Waals surface area contributed by atoms with Crippen molar-refractivity contribution in [2.75, 3.05) is 5.32 Å². The first kappa shape index (κ1) is 13.7. The summed E-state index contributed by atoms with van der Waals surface area (Å²) in [6.07, 6.45) is 1.35. The summed E-state index contributed by atoms with van der Waals surface area (Å²) in [7, 11) is 0. The smallest absolute Gasteiger partial charge is 0.356 e. The van der Waals surface area contributed by atoms with Gasteiger partial charge in [-0.15, -0.1) is 0 Å². The summed E-state index contributed by atoms with van der Waals surface area (Å²) < 4.78 is 12.7. The molecule has 0 aliphatic carbocycles. The number of nitrogens with zero attached hydrogens (tertiary/aromatic N) is 1. The van der Waals surface area contributed by atoms with Crippen LogP contribution < -0.4 is 5.32 Å². The van der Waals surface area contributed by atoms with Crippen molar-refractivity contribution in [2.45, 2.75) is 6.42 Å². The highest BCUT2D eigenvalue weighted by Gasteiger charge is 2.13. The first-order chi connectivity index (χ1) is 9.56. The molecular weight excluding hydrogens is 263 g/mol. The Kier molecular flexibility index (Phi) is 4.05. The van der Waals surface area contributed by atoms with Crippen LogP contribution in [0.1, 0.15) is 16.1 Å². The van der Waals surface area contributed by atoms with Crippen LogP contribution in [-0.4, -0.2) is 22.0 Å². The van der Waals surface area contributed by atoms with E-state index in [-0.39, 0.29) is 23.6 Å². The zero-order valence-corrected chi connectivity index (χ0v) is 10.3. The molecule has 0 bridgehead atoms. The number of pyridine rings is 1. The van der Waals surface area contributed by atoms with Gasteiger partial charge >= 0.3 is 5.97 Å². The molecule has 0 aliphatic heterocycles. The zero-order valence-electron chi connectivity index (χ0n) is 10.3. The van der Waals surface area contributed by atoms with Gasteiger partial charge in [0.25, 0.3) is 0 Å². The summed E-state index contributed by atoms with van der Waals surface area (Å²) in [5.41, 5.74) is 0.539. The normalized spacial score (nSPS) is 10.1. The van der Waals surface area contributed by atoms with Gasteiger partial charge in [-0.25, -0.2) is 14.2 Å². The second-order valence-corrected chi connectivity index (χ2v) is 4.06. The summed E-state index contributed by atoms with van der Waals surface area (Å²) in [6, 6.07) is 8.50. The predicted molar refractivity (Wildman–Crippen MR) is 69.9 cm³/mol. The molecule has 102 valence electrons. The minimum atomic E-state index is -1.22. The Morgan fingerprint density at radius 3 is 2.55 bits per heavy atom. The maximum Gasteiger partial charge on any atom is 0.356 e. The van der Waals surface area contributed by atoms with Crippen molar-refractivity contribution in [1.29, 1.82) is 0 Å². The monoisotopic (exact) mass is 274 g/mol. The second kappa shape index (κ2) is 5.92. The Bertz CT molecular complexity index is 641. The lowest BCUT2D eigenvalue weighted by molar-refractivity contribution is -0.115. The lowest BCUT2D eigenvalue weighted by atomic mass is 10.1. The van der Waals surface area contributed by atoms with Crippen LogP contribution in [0.25, 0.3) is 0 Å². The van der Waals surface area contributed by atoms with Crippen molar-refractivity contribution >= 4 is 17.6 Å². The van der Waals surface area contributed by atoms with Gasteiger partial charge < -0.3 is 10.4 Å². The van der Waals surface area contributed by atoms with Gasteiger partial charge in [0.1, 0.15) is 5.82 Å². The Labute approximate surface area is 114 Å². The third-order valence-corrected chi connectivity index (χ3v) is 2.56. The minimum Gasteiger partial charge on any atom is -0.476 e. The number of hydrogen-bond acceptors (Lipinski definition) is 3. The molecule has 0 saturated heterocycles. The number of rotatable bonds is 4. The Morgan fingerprint density at radius 1 is 1.20 bits per heavy atom. The van der Waals surface area contributed by atoms with Crippen LogP contribution in [0.4, 0.5) is 10.1 Å². The largest absolute Gasteiger partial charge is 0.476 e. The molecule has 0 saturated carbocycles. The summed E-state index contributed by atoms with van der Waals surface area (Å²) in [6.45, 7) is 0. The van der Waals surface area contributed by atoms with Gasteiger partial charge in [0.05, 0.1) is 12.1 Å². The molecule has 1 heterocycles. The predicted octanol–water partition coefficient (Wildman–Crippen LogP) is 2.10. The molecule has 0 atom stereocenters. The van der Waals surface area contributed by atoms with Crippen LogP contribution >= 0.6 is 0 Å². The van der Waals surface area contributed by atoms with Crippen LogP contribution in [0.2, 0.25) is 0 Å². The number of carbonyl (C=O) groups excluding carboxylic acids is 1. The molecule has 1 amide bonds. The molecule has 5 nitrogen and oxygen atoms in total. The van der Waals surface area contributed by atoms with Crippen molar-refractivity contribution in [2.24, 2.45) is 0 Å². The van der Waals surface area contributed by atoms with E-state index in [9.17, 15) is 14.0 Å². The minimum absolute atomic E-state index is 0.0221. The lowest BCUT2D eigenvalue weighted by Gasteiger charge is -2.07. The Balaban J connectivity index is 2.08. The van der Waals surface area contributed by atoms with E-state index < -0.39 is 11.9 Å². The molecule has 0 spiro atoms. The standard InChI is InChI=1S/C14H11FN2O3/c15-10-5-3-9(4-6-10)8-12(18)17-11-2-1-7-16-13(11)14(19)20/h1-7H,8H2,(H,17,18)(H,19,20). The third-order valence-electron chi connectivity index (χ3n) is 2.56. The third kappa shape index (κ3) is 3.38. The van der Waals surface area contributed by atoms with Gasteiger partial charge in [0.2, 0.25) is 5.91 Å². The molecule has 0 unspecified atom stereocenters. The fourth-order valence-electron chi connectivity index (χ4n) is 1.66. The van der Waals surface area contributed by atoms with Crippen LogP contribution in [0, 0.1) is 5.82 Å². The molecule has 0 fully saturated rings. The zero-order chi connectivity index (χ0) is 14.5. The second-order valence-electron chi connectivity index (χ2n) is 4.06. The average Bonchev–Trinajstić information content (AvgIpc) is 2.41. The first-order valence-corrected chi connectivity index (χ1v) is 5.79. The van der Waals surface area contributed by atoms with E-state index in [4.69, 9.17) is 5.11 Å². The van der Waals surface area contributed by atoms with Crippen LogP contribution in [0.3, 0.4) is 0 Å². The summed E-state index contributed by atoms with van der Waals surface area (Å²) in [5, 5.41) is 11.4. The van der Waals surface area contributed by atoms with Crippen molar-refractivity contribution in [1.82, 2.24) is 4.98 Å². The van der Waals surface area contributed by atoms with Crippen LogP contribution in [0.15, 0.2) is 42.6 Å². The van der Waals surface area contributed by atoms with Gasteiger partial charge in [-0.2, -0.15) is 0 Å². The SMILES string of the molecule is O=C(Cc1ccc(F)cc1)Nc1cccnc1C(=O)O. The number of benzene rings is 1. The summed E-state index contributed by atoms with van der Waals surface area (Å²) >= 11 is 0. The van der Waals surface area contributed by atoms with Gasteiger partial charge in [-0.1, -0.05) is 12.1 Å². The number of nitrogens with one attached hydrogen (secondary N) is 1. The Hall–Kier alpha value is -2.76. The molecule has 20 heavy (non-hydrogen) atoms. The van der Waals surface area contributed by atoms with Crippen molar-refractivity contribution < 1.29 is 19.1 Å². The first-order valence-electron chi connectivity index (χ1n) is 5.79. The number of amides is 1. The average molecular weight is 274 g/mol. The van der Waals surface area contributed by atoms with E-state index in [0.29, 0.717) is 5.56 Å². The van der Waals surface area contributed by atoms with Crippen LogP contribution in [0.5, 0.6) is 0 Å². The summed E-state index contributed by atoms with van der Waals surface area (Å²) in [4.78, 5) is 26.4. The number of halogens is 1. The van der Waals surface area contributed by atoms with Crippen molar-refractivity contribution in [3.05, 3.63) is 59.7 Å². The Morgan fingerprint density at radius 2 is 1.90 bits per heavy atom. The highest BCUT2D eigenvalue weighted by atomic mass is 19.1. The van der Waals surface area contributed by atoms with E-state index >= 15 is 0 Å². The van der Waals surface area contributed by atoms with Gasteiger partial charge in [-0.3, -0.25) is 4.79 Å². The van der Waals surface area contributed by atoms with Crippen molar-refractivity contribution in [3.8, 4) is 0 Å². The van der Waals surface area contributed by atoms with E-state index in [0.717, 1.165) is 0 Å². The maximum atomic E-state index is 12.7.